The van der Waals surface area contributed by atoms with Crippen molar-refractivity contribution in [2.45, 2.75) is 0 Å². The van der Waals surface area contributed by atoms with Gasteiger partial charge in [-0.15, -0.1) is 0 Å². The summed E-state index contributed by atoms with van der Waals surface area (Å²) in [5.74, 6) is 4.19. The number of carbonyl (C=O) groups excluding carboxylic acids is 1. The molecule has 0 aliphatic heterocycles. The first-order chi connectivity index (χ1) is 7.65. The number of benzene rings is 1. The number of fused-ring (bicyclic) bond motifs is 1. The van der Waals surface area contributed by atoms with Gasteiger partial charge >= 0.3 is 0 Å². The lowest BCUT2D eigenvalue weighted by molar-refractivity contribution is -0.112. The number of amides is 1. The summed E-state index contributed by atoms with van der Waals surface area (Å²) in [5.41, 5.74) is 5.39. The van der Waals surface area contributed by atoms with Gasteiger partial charge in [0, 0.05) is 17.8 Å². The van der Waals surface area contributed by atoms with Gasteiger partial charge in [-0.25, -0.2) is 0 Å². The van der Waals surface area contributed by atoms with E-state index in [1.54, 1.807) is 18.3 Å². The lowest BCUT2D eigenvalue weighted by Gasteiger charge is -1.96. The van der Waals surface area contributed by atoms with Gasteiger partial charge in [-0.05, 0) is 28.8 Å². The molecule has 0 aliphatic carbocycles. The highest BCUT2D eigenvalue weighted by molar-refractivity contribution is 5.93. The van der Waals surface area contributed by atoms with Crippen LogP contribution in [0.5, 0.6) is 0 Å². The summed E-state index contributed by atoms with van der Waals surface area (Å²) < 4.78 is 0. The Balaban J connectivity index is 2.56. The van der Waals surface area contributed by atoms with Crippen LogP contribution in [-0.2, 0) is 4.79 Å². The molecular formula is C12H8N2O2. The quantitative estimate of drug-likeness (QED) is 0.619. The Bertz CT molecular complexity index is 674. The predicted molar refractivity (Wildman–Crippen MR) is 60.6 cm³/mol. The van der Waals surface area contributed by atoms with E-state index in [-0.39, 0.29) is 5.56 Å². The van der Waals surface area contributed by atoms with Crippen molar-refractivity contribution < 1.29 is 4.79 Å². The van der Waals surface area contributed by atoms with Crippen LogP contribution < -0.4 is 11.3 Å². The third-order valence-electron chi connectivity index (χ3n) is 2.07. The Morgan fingerprint density at radius 2 is 2.06 bits per heavy atom. The van der Waals surface area contributed by atoms with Gasteiger partial charge in [0.05, 0.1) is 0 Å². The Labute approximate surface area is 91.1 Å². The van der Waals surface area contributed by atoms with E-state index in [0.717, 1.165) is 10.8 Å². The second-order valence-corrected chi connectivity index (χ2v) is 3.26. The fourth-order valence-corrected chi connectivity index (χ4v) is 1.37. The zero-order valence-electron chi connectivity index (χ0n) is 8.28. The van der Waals surface area contributed by atoms with Crippen molar-refractivity contribution in [3.63, 3.8) is 0 Å². The van der Waals surface area contributed by atoms with E-state index >= 15 is 0 Å². The van der Waals surface area contributed by atoms with Crippen molar-refractivity contribution in [2.75, 3.05) is 0 Å². The molecule has 1 aromatic heterocycles. The summed E-state index contributed by atoms with van der Waals surface area (Å²) in [4.78, 5) is 24.2. The maximum atomic E-state index is 11.1. The molecule has 0 fully saturated rings. The fourth-order valence-electron chi connectivity index (χ4n) is 1.37. The number of rotatable bonds is 0. The zero-order chi connectivity index (χ0) is 11.5. The Morgan fingerprint density at radius 1 is 1.25 bits per heavy atom. The average Bonchev–Trinajstić information content (AvgIpc) is 2.25. The number of aromatic nitrogens is 1. The van der Waals surface area contributed by atoms with Gasteiger partial charge in [-0.1, -0.05) is 12.0 Å². The molecule has 0 spiro atoms. The summed E-state index contributed by atoms with van der Waals surface area (Å²) in [5, 5.41) is 1.68. The van der Waals surface area contributed by atoms with Gasteiger partial charge in [0.15, 0.2) is 0 Å². The molecule has 0 atom stereocenters. The average molecular weight is 212 g/mol. The molecule has 1 aromatic carbocycles. The number of nitrogens with two attached hydrogens (primary N) is 1. The van der Waals surface area contributed by atoms with Gasteiger partial charge in [-0.3, -0.25) is 9.59 Å². The van der Waals surface area contributed by atoms with E-state index < -0.39 is 5.91 Å². The lowest BCUT2D eigenvalue weighted by Crippen LogP contribution is -2.06. The maximum absolute atomic E-state index is 11.1. The second kappa shape index (κ2) is 3.91. The summed E-state index contributed by atoms with van der Waals surface area (Å²) in [6.45, 7) is 0. The highest BCUT2D eigenvalue weighted by atomic mass is 16.1. The van der Waals surface area contributed by atoms with Gasteiger partial charge in [0.1, 0.15) is 0 Å². The number of hydrogen-bond donors (Lipinski definition) is 2. The van der Waals surface area contributed by atoms with Gasteiger partial charge in [0.2, 0.25) is 5.56 Å². The van der Waals surface area contributed by atoms with E-state index in [9.17, 15) is 9.59 Å². The molecule has 0 unspecified atom stereocenters. The number of pyridine rings is 1. The third-order valence-corrected chi connectivity index (χ3v) is 2.07. The first kappa shape index (κ1) is 9.99. The maximum Gasteiger partial charge on any atom is 0.293 e. The van der Waals surface area contributed by atoms with Crippen LogP contribution in [0, 0.1) is 11.8 Å². The zero-order valence-corrected chi connectivity index (χ0v) is 8.28. The molecule has 0 saturated carbocycles. The van der Waals surface area contributed by atoms with Crippen LogP contribution in [0.4, 0.5) is 0 Å². The van der Waals surface area contributed by atoms with E-state index in [0.29, 0.717) is 5.56 Å². The Kier molecular flexibility index (Phi) is 2.44. The predicted octanol–water partition coefficient (Wildman–Crippen LogP) is 0.365. The number of hydrogen-bond acceptors (Lipinski definition) is 2. The normalized spacial score (nSPS) is 9.50. The first-order valence-corrected chi connectivity index (χ1v) is 4.59. The molecule has 16 heavy (non-hydrogen) atoms. The largest absolute Gasteiger partial charge is 0.359 e. The molecular weight excluding hydrogens is 204 g/mol. The lowest BCUT2D eigenvalue weighted by atomic mass is 10.1. The molecule has 4 heteroatoms. The molecule has 2 rings (SSSR count). The molecule has 0 bridgehead atoms. The summed E-state index contributed by atoms with van der Waals surface area (Å²) in [7, 11) is 0. The van der Waals surface area contributed by atoms with Crippen LogP contribution in [0.3, 0.4) is 0 Å². The molecule has 1 heterocycles. The third kappa shape index (κ3) is 2.10. The Hall–Kier alpha value is -2.54. The van der Waals surface area contributed by atoms with Crippen LogP contribution in [0.25, 0.3) is 10.8 Å². The van der Waals surface area contributed by atoms with E-state index in [2.05, 4.69) is 16.8 Å². The minimum atomic E-state index is -0.675. The van der Waals surface area contributed by atoms with Crippen LogP contribution >= 0.6 is 0 Å². The van der Waals surface area contributed by atoms with Crippen molar-refractivity contribution in [3.8, 4) is 11.8 Å². The van der Waals surface area contributed by atoms with Gasteiger partial charge < -0.3 is 10.7 Å². The molecule has 3 N–H and O–H groups in total. The number of aromatic amines is 1. The van der Waals surface area contributed by atoms with Crippen molar-refractivity contribution in [1.82, 2.24) is 4.98 Å². The van der Waals surface area contributed by atoms with E-state index in [1.165, 1.54) is 6.07 Å². The number of carbonyl (C=O) groups is 1. The van der Waals surface area contributed by atoms with Crippen molar-refractivity contribution in [2.24, 2.45) is 5.73 Å². The van der Waals surface area contributed by atoms with Gasteiger partial charge in [0.25, 0.3) is 5.91 Å². The van der Waals surface area contributed by atoms with E-state index in [1.807, 2.05) is 6.07 Å². The van der Waals surface area contributed by atoms with Crippen molar-refractivity contribution in [3.05, 3.63) is 46.4 Å². The molecule has 2 aromatic rings. The highest BCUT2D eigenvalue weighted by Crippen LogP contribution is 2.12. The van der Waals surface area contributed by atoms with Crippen LogP contribution in [0.2, 0.25) is 0 Å². The topological polar surface area (TPSA) is 76.0 Å². The molecule has 78 valence electrons. The molecule has 0 aliphatic rings. The molecule has 4 nitrogen and oxygen atoms in total. The van der Waals surface area contributed by atoms with Crippen molar-refractivity contribution in [1.29, 1.82) is 0 Å². The van der Waals surface area contributed by atoms with Gasteiger partial charge in [-0.2, -0.15) is 0 Å². The molecule has 0 radical (unpaired) electrons. The number of H-pyrrole nitrogens is 1. The smallest absolute Gasteiger partial charge is 0.293 e. The second-order valence-electron chi connectivity index (χ2n) is 3.26. The summed E-state index contributed by atoms with van der Waals surface area (Å²) in [6, 6.07) is 6.79. The van der Waals surface area contributed by atoms with E-state index in [4.69, 9.17) is 5.73 Å². The highest BCUT2D eigenvalue weighted by Gasteiger charge is 1.95. The minimum absolute atomic E-state index is 0.174. The van der Waals surface area contributed by atoms with Crippen LogP contribution in [-0.4, -0.2) is 10.9 Å². The summed E-state index contributed by atoms with van der Waals surface area (Å²) >= 11 is 0. The Morgan fingerprint density at radius 3 is 2.81 bits per heavy atom. The molecule has 1 amide bonds. The molecule has 0 saturated heterocycles. The number of primary amides is 1. The summed E-state index contributed by atoms with van der Waals surface area (Å²) in [6.07, 6.45) is 1.63. The fraction of sp³-hybridized carbons (Fsp3) is 0. The standard InChI is InChI=1S/C12H8N2O2/c13-11(15)4-2-8-1-3-9-7-14-12(16)6-10(9)5-8/h1,3,5-7H,(H2,13,15)(H,14,16). The monoisotopic (exact) mass is 212 g/mol. The van der Waals surface area contributed by atoms with Crippen molar-refractivity contribution >= 4 is 16.7 Å². The van der Waals surface area contributed by atoms with Crippen LogP contribution in [0.1, 0.15) is 5.56 Å². The SMILES string of the molecule is NC(=O)C#Cc1ccc2c[nH]c(=O)cc2c1. The van der Waals surface area contributed by atoms with Crippen LogP contribution in [0.15, 0.2) is 35.3 Å². The number of nitrogens with one attached hydrogen (secondary N) is 1. The minimum Gasteiger partial charge on any atom is -0.359 e. The first-order valence-electron chi connectivity index (χ1n) is 4.59.